The van der Waals surface area contributed by atoms with Crippen LogP contribution >= 0.6 is 0 Å². The van der Waals surface area contributed by atoms with Crippen LogP contribution in [0.1, 0.15) is 31.2 Å². The second-order valence-corrected chi connectivity index (χ2v) is 8.45. The molecule has 2 rings (SSSR count). The summed E-state index contributed by atoms with van der Waals surface area (Å²) in [7, 11) is 0. The fourth-order valence-corrected chi connectivity index (χ4v) is 3.48. The average molecular weight is 530 g/mol. The highest BCUT2D eigenvalue weighted by Gasteiger charge is 2.23. The van der Waals surface area contributed by atoms with Crippen molar-refractivity contribution in [1.82, 2.24) is 26.2 Å². The number of nitrogens with zero attached hydrogens (tertiary/aromatic N) is 1. The van der Waals surface area contributed by atoms with Crippen molar-refractivity contribution in [2.24, 2.45) is 0 Å². The maximum atomic E-state index is 12.4. The lowest BCUT2D eigenvalue weighted by Crippen LogP contribution is -2.51. The maximum absolute atomic E-state index is 12.4. The zero-order valence-electron chi connectivity index (χ0n) is 20.7. The van der Waals surface area contributed by atoms with Gasteiger partial charge in [-0.05, 0) is 18.4 Å². The molecule has 0 fully saturated rings. The van der Waals surface area contributed by atoms with Crippen LogP contribution in [-0.4, -0.2) is 83.6 Å². The lowest BCUT2D eigenvalue weighted by Gasteiger charge is -2.18. The SMILES string of the molecule is O=C(O)CNC(=O)C(Cc1ccccc1)NC(=O)CNC(=O)CNC(=O)CCCCCN1C(=O)C=CC1=O. The molecule has 5 N–H and O–H groups in total. The van der Waals surface area contributed by atoms with Gasteiger partial charge in [0.15, 0.2) is 0 Å². The molecular weight excluding hydrogens is 498 g/mol. The van der Waals surface area contributed by atoms with Gasteiger partial charge in [-0.25, -0.2) is 0 Å². The molecule has 0 saturated heterocycles. The Morgan fingerprint density at radius 3 is 2.05 bits per heavy atom. The Morgan fingerprint density at radius 1 is 0.763 bits per heavy atom. The van der Waals surface area contributed by atoms with Crippen LogP contribution in [0.3, 0.4) is 0 Å². The number of hydrogen-bond acceptors (Lipinski definition) is 7. The van der Waals surface area contributed by atoms with Gasteiger partial charge in [0.1, 0.15) is 12.6 Å². The molecule has 1 aromatic rings. The van der Waals surface area contributed by atoms with Gasteiger partial charge < -0.3 is 26.4 Å². The maximum Gasteiger partial charge on any atom is 0.322 e. The van der Waals surface area contributed by atoms with E-state index in [4.69, 9.17) is 5.11 Å². The topological polar surface area (TPSA) is 191 Å². The molecule has 204 valence electrons. The summed E-state index contributed by atoms with van der Waals surface area (Å²) < 4.78 is 0. The average Bonchev–Trinajstić information content (AvgIpc) is 3.21. The summed E-state index contributed by atoms with van der Waals surface area (Å²) in [5.74, 6) is -4.24. The van der Waals surface area contributed by atoms with Crippen LogP contribution in [0.2, 0.25) is 0 Å². The van der Waals surface area contributed by atoms with Gasteiger partial charge in [-0.1, -0.05) is 36.8 Å². The predicted molar refractivity (Wildman–Crippen MR) is 133 cm³/mol. The van der Waals surface area contributed by atoms with Crippen molar-refractivity contribution >= 4 is 41.4 Å². The number of benzene rings is 1. The summed E-state index contributed by atoms with van der Waals surface area (Å²) in [6.07, 6.45) is 4.37. The molecule has 1 aromatic carbocycles. The van der Waals surface area contributed by atoms with Crippen LogP contribution in [0, 0.1) is 0 Å². The molecular formula is C25H31N5O8. The Hall–Kier alpha value is -4.55. The number of carbonyl (C=O) groups excluding carboxylic acids is 6. The number of unbranched alkanes of at least 4 members (excludes halogenated alkanes) is 2. The van der Waals surface area contributed by atoms with E-state index in [0.29, 0.717) is 19.3 Å². The smallest absolute Gasteiger partial charge is 0.322 e. The Morgan fingerprint density at radius 2 is 1.39 bits per heavy atom. The largest absolute Gasteiger partial charge is 0.480 e. The van der Waals surface area contributed by atoms with Crippen molar-refractivity contribution in [3.8, 4) is 0 Å². The highest BCUT2D eigenvalue weighted by atomic mass is 16.4. The third-order valence-corrected chi connectivity index (χ3v) is 5.43. The minimum Gasteiger partial charge on any atom is -0.480 e. The number of carboxylic acid groups (broad SMARTS) is 1. The van der Waals surface area contributed by atoms with Crippen LogP contribution < -0.4 is 21.3 Å². The van der Waals surface area contributed by atoms with Gasteiger partial charge in [0.25, 0.3) is 11.8 Å². The lowest BCUT2D eigenvalue weighted by molar-refractivity contribution is -0.138. The van der Waals surface area contributed by atoms with E-state index in [2.05, 4.69) is 21.3 Å². The quantitative estimate of drug-likeness (QED) is 0.128. The Labute approximate surface area is 219 Å². The van der Waals surface area contributed by atoms with Gasteiger partial charge >= 0.3 is 5.97 Å². The molecule has 0 radical (unpaired) electrons. The summed E-state index contributed by atoms with van der Waals surface area (Å²) in [5, 5.41) is 18.3. The van der Waals surface area contributed by atoms with Gasteiger partial charge in [0, 0.05) is 31.5 Å². The third kappa shape index (κ3) is 11.0. The first-order valence-corrected chi connectivity index (χ1v) is 12.1. The predicted octanol–water partition coefficient (Wildman–Crippen LogP) is -1.37. The van der Waals surface area contributed by atoms with Gasteiger partial charge in [0.2, 0.25) is 23.6 Å². The van der Waals surface area contributed by atoms with E-state index in [9.17, 15) is 33.6 Å². The first kappa shape index (κ1) is 29.7. The van der Waals surface area contributed by atoms with Gasteiger partial charge in [-0.3, -0.25) is 38.5 Å². The third-order valence-electron chi connectivity index (χ3n) is 5.43. The number of carbonyl (C=O) groups is 7. The van der Waals surface area contributed by atoms with E-state index in [1.807, 2.05) is 0 Å². The van der Waals surface area contributed by atoms with E-state index in [0.717, 1.165) is 10.5 Å². The Balaban J connectivity index is 1.65. The second kappa shape index (κ2) is 15.5. The van der Waals surface area contributed by atoms with Gasteiger partial charge in [-0.15, -0.1) is 0 Å². The summed E-state index contributed by atoms with van der Waals surface area (Å²) in [4.78, 5) is 83.4. The van der Waals surface area contributed by atoms with Crippen LogP contribution in [0.5, 0.6) is 0 Å². The van der Waals surface area contributed by atoms with E-state index in [1.165, 1.54) is 12.2 Å². The number of hydrogen-bond donors (Lipinski definition) is 5. The van der Waals surface area contributed by atoms with Crippen molar-refractivity contribution < 1.29 is 38.7 Å². The highest BCUT2D eigenvalue weighted by Crippen LogP contribution is 2.07. The molecule has 38 heavy (non-hydrogen) atoms. The van der Waals surface area contributed by atoms with Gasteiger partial charge in [-0.2, -0.15) is 0 Å². The van der Waals surface area contributed by atoms with E-state index in [1.54, 1.807) is 30.3 Å². The molecule has 1 heterocycles. The number of amides is 6. The molecule has 0 spiro atoms. The standard InChI is InChI=1S/C25H31N5O8/c31-19(9-5-2-6-12-30-22(34)10-11-23(30)35)26-14-20(32)27-15-21(33)29-18(25(38)28-16-24(36)37)13-17-7-3-1-4-8-17/h1,3-4,7-8,10-11,18H,2,5-6,9,12-16H2,(H,26,31)(H,27,32)(H,28,38)(H,29,33)(H,36,37). The normalized spacial score (nSPS) is 13.1. The minimum atomic E-state index is -1.23. The number of rotatable bonds is 16. The fourth-order valence-electron chi connectivity index (χ4n) is 3.48. The monoisotopic (exact) mass is 529 g/mol. The van der Waals surface area contributed by atoms with Crippen LogP contribution in [0.15, 0.2) is 42.5 Å². The molecule has 1 aliphatic rings. The summed E-state index contributed by atoms with van der Waals surface area (Å²) in [6, 6.07) is 7.75. The molecule has 13 heteroatoms. The zero-order chi connectivity index (χ0) is 27.9. The van der Waals surface area contributed by atoms with E-state index >= 15 is 0 Å². The van der Waals surface area contributed by atoms with Crippen molar-refractivity contribution in [2.45, 2.75) is 38.1 Å². The summed E-state index contributed by atoms with van der Waals surface area (Å²) in [6.45, 7) is -1.12. The van der Waals surface area contributed by atoms with Crippen molar-refractivity contribution in [3.05, 3.63) is 48.0 Å². The number of nitrogens with one attached hydrogen (secondary N) is 4. The second-order valence-electron chi connectivity index (χ2n) is 8.45. The molecule has 6 amide bonds. The van der Waals surface area contributed by atoms with Crippen molar-refractivity contribution in [2.75, 3.05) is 26.2 Å². The van der Waals surface area contributed by atoms with Crippen molar-refractivity contribution in [3.63, 3.8) is 0 Å². The molecule has 1 aliphatic heterocycles. The molecule has 0 saturated carbocycles. The first-order chi connectivity index (χ1) is 18.2. The number of aliphatic carboxylic acids is 1. The van der Waals surface area contributed by atoms with Crippen LogP contribution in [0.4, 0.5) is 0 Å². The van der Waals surface area contributed by atoms with Crippen molar-refractivity contribution in [1.29, 1.82) is 0 Å². The molecule has 13 nitrogen and oxygen atoms in total. The molecule has 0 bridgehead atoms. The fraction of sp³-hybridized carbons (Fsp3) is 0.400. The lowest BCUT2D eigenvalue weighted by atomic mass is 10.1. The summed E-state index contributed by atoms with van der Waals surface area (Å²) in [5.41, 5.74) is 0.741. The number of carboxylic acids is 1. The Bertz CT molecular complexity index is 1050. The molecule has 0 aliphatic carbocycles. The minimum absolute atomic E-state index is 0.115. The Kier molecular flexibility index (Phi) is 12.1. The van der Waals surface area contributed by atoms with Crippen LogP contribution in [-0.2, 0) is 40.0 Å². The number of imide groups is 1. The molecule has 0 aromatic heterocycles. The van der Waals surface area contributed by atoms with Crippen LogP contribution in [0.25, 0.3) is 0 Å². The first-order valence-electron chi connectivity index (χ1n) is 12.1. The highest BCUT2D eigenvalue weighted by molar-refractivity contribution is 6.12. The van der Waals surface area contributed by atoms with E-state index in [-0.39, 0.29) is 43.7 Å². The zero-order valence-corrected chi connectivity index (χ0v) is 20.7. The molecule has 1 atom stereocenters. The van der Waals surface area contributed by atoms with Gasteiger partial charge in [0.05, 0.1) is 13.1 Å². The summed E-state index contributed by atoms with van der Waals surface area (Å²) >= 11 is 0. The molecule has 1 unspecified atom stereocenters. The van der Waals surface area contributed by atoms with E-state index < -0.39 is 42.8 Å².